The molecule has 2 aliphatic heterocycles. The van der Waals surface area contributed by atoms with Gasteiger partial charge in [-0.05, 0) is 82.4 Å². The van der Waals surface area contributed by atoms with E-state index in [2.05, 4.69) is 32.3 Å². The molecule has 0 spiro atoms. The fourth-order valence-corrected chi connectivity index (χ4v) is 5.39. The van der Waals surface area contributed by atoms with Gasteiger partial charge in [0, 0.05) is 58.8 Å². The normalized spacial score (nSPS) is 13.9. The van der Waals surface area contributed by atoms with Crippen LogP contribution in [0.1, 0.15) is 101 Å². The zero-order valence-electron chi connectivity index (χ0n) is 25.5. The number of unbranched alkanes of at least 4 members (excludes halogenated alkanes) is 4. The third kappa shape index (κ3) is 7.55. The molecule has 0 fully saturated rings. The molecule has 2 aromatic rings. The van der Waals surface area contributed by atoms with E-state index in [0.717, 1.165) is 6.08 Å². The number of rotatable bonds is 15. The van der Waals surface area contributed by atoms with Crippen molar-refractivity contribution in [1.29, 1.82) is 0 Å². The summed E-state index contributed by atoms with van der Waals surface area (Å²) >= 11 is 0. The van der Waals surface area contributed by atoms with Crippen LogP contribution in [0, 0.1) is 0 Å². The molecule has 0 saturated heterocycles. The maximum absolute atomic E-state index is 13.2. The van der Waals surface area contributed by atoms with Crippen molar-refractivity contribution < 1.29 is 33.8 Å². The Labute approximate surface area is 253 Å². The van der Waals surface area contributed by atoms with E-state index >= 15 is 0 Å². The quantitative estimate of drug-likeness (QED) is 0.139. The second kappa shape index (κ2) is 16.1. The Morgan fingerprint density at radius 1 is 0.721 bits per heavy atom. The van der Waals surface area contributed by atoms with Gasteiger partial charge in [0.15, 0.2) is 0 Å². The topological polar surface area (TPSA) is 125 Å². The molecule has 0 atom stereocenters. The maximum atomic E-state index is 13.2. The number of aliphatic hydroxyl groups is 1. The first kappa shape index (κ1) is 33.6. The lowest BCUT2D eigenvalue weighted by atomic mass is 9.86. The number of hydrogen-bond acceptors (Lipinski definition) is 8. The number of carbonyl (C=O) groups is 5. The molecule has 10 heteroatoms. The summed E-state index contributed by atoms with van der Waals surface area (Å²) in [4.78, 5) is 68.7. The predicted octanol–water partition coefficient (Wildman–Crippen LogP) is 4.44. The lowest BCUT2D eigenvalue weighted by Crippen LogP contribution is -2.43. The van der Waals surface area contributed by atoms with Crippen LogP contribution in [-0.2, 0) is 9.53 Å². The lowest BCUT2D eigenvalue weighted by molar-refractivity contribution is -0.137. The van der Waals surface area contributed by atoms with E-state index in [9.17, 15) is 24.0 Å². The number of aliphatic hydroxyl groups excluding tert-OH is 1. The van der Waals surface area contributed by atoms with Crippen molar-refractivity contribution in [2.45, 2.75) is 59.3 Å². The third-order valence-corrected chi connectivity index (χ3v) is 7.88. The SMILES string of the molecule is C=CC(=O)OCCCCCN1C(=O)c2ccc3c4c(ccc(c24)C1=O)C(=O)N(CCCCCO)C3=O.CCN(CC)CC. The van der Waals surface area contributed by atoms with Gasteiger partial charge in [-0.1, -0.05) is 27.4 Å². The van der Waals surface area contributed by atoms with Crippen molar-refractivity contribution in [3.63, 3.8) is 0 Å². The van der Waals surface area contributed by atoms with Gasteiger partial charge in [0.2, 0.25) is 0 Å². The highest BCUT2D eigenvalue weighted by molar-refractivity contribution is 6.33. The number of imide groups is 2. The standard InChI is InChI=1S/C27H28N2O7.C6H15N/c1-2-21(31)36-16-8-4-6-14-29-26(34)19-11-9-17-22-18(10-12-20(23(19)22)27(29)35)25(33)28(24(17)32)13-5-3-7-15-30;1-4-7(5-2)6-3/h2,9-12,30H,1,3-8,13-16H2;4-6H2,1-3H3. The van der Waals surface area contributed by atoms with Crippen LogP contribution in [0.3, 0.4) is 0 Å². The number of carbonyl (C=O) groups excluding carboxylic acids is 5. The summed E-state index contributed by atoms with van der Waals surface area (Å²) in [6, 6.07) is 6.22. The number of hydrogen-bond donors (Lipinski definition) is 1. The van der Waals surface area contributed by atoms with Crippen molar-refractivity contribution in [3.05, 3.63) is 59.2 Å². The van der Waals surface area contributed by atoms with Gasteiger partial charge in [-0.2, -0.15) is 0 Å². The molecule has 10 nitrogen and oxygen atoms in total. The highest BCUT2D eigenvalue weighted by Crippen LogP contribution is 2.38. The Balaban J connectivity index is 0.000000646. The average molecular weight is 594 g/mol. The average Bonchev–Trinajstić information content (AvgIpc) is 3.02. The zero-order valence-corrected chi connectivity index (χ0v) is 25.5. The van der Waals surface area contributed by atoms with Crippen molar-refractivity contribution in [3.8, 4) is 0 Å². The molecule has 4 amide bonds. The van der Waals surface area contributed by atoms with E-state index < -0.39 is 29.6 Å². The molecular weight excluding hydrogens is 550 g/mol. The molecule has 2 aromatic carbocycles. The Kier molecular flexibility index (Phi) is 12.6. The molecule has 0 bridgehead atoms. The van der Waals surface area contributed by atoms with Crippen molar-refractivity contribution in [1.82, 2.24) is 14.7 Å². The van der Waals surface area contributed by atoms with Crippen LogP contribution in [-0.4, -0.2) is 95.3 Å². The highest BCUT2D eigenvalue weighted by atomic mass is 16.5. The molecule has 0 unspecified atom stereocenters. The maximum Gasteiger partial charge on any atom is 0.330 e. The van der Waals surface area contributed by atoms with E-state index in [4.69, 9.17) is 9.84 Å². The summed E-state index contributed by atoms with van der Waals surface area (Å²) in [7, 11) is 0. The summed E-state index contributed by atoms with van der Waals surface area (Å²) in [5.74, 6) is -2.30. The molecule has 0 saturated carbocycles. The molecule has 0 aliphatic carbocycles. The van der Waals surface area contributed by atoms with Crippen LogP contribution < -0.4 is 0 Å². The monoisotopic (exact) mass is 593 g/mol. The summed E-state index contributed by atoms with van der Waals surface area (Å²) in [5, 5.41) is 9.68. The minimum absolute atomic E-state index is 0.0554. The largest absolute Gasteiger partial charge is 0.463 e. The molecule has 1 N–H and O–H groups in total. The Morgan fingerprint density at radius 2 is 1.12 bits per heavy atom. The fraction of sp³-hybridized carbons (Fsp3) is 0.485. The van der Waals surface area contributed by atoms with Crippen LogP contribution in [0.15, 0.2) is 36.9 Å². The number of amides is 4. The minimum Gasteiger partial charge on any atom is -0.463 e. The van der Waals surface area contributed by atoms with Crippen molar-refractivity contribution in [2.24, 2.45) is 0 Å². The molecule has 0 aromatic heterocycles. The fourth-order valence-electron chi connectivity index (χ4n) is 5.39. The van der Waals surface area contributed by atoms with Gasteiger partial charge in [0.05, 0.1) is 6.61 Å². The summed E-state index contributed by atoms with van der Waals surface area (Å²) in [6.07, 6.45) is 4.74. The second-order valence-electron chi connectivity index (χ2n) is 10.4. The van der Waals surface area contributed by atoms with Gasteiger partial charge in [-0.25, -0.2) is 4.79 Å². The number of ether oxygens (including phenoxy) is 1. The van der Waals surface area contributed by atoms with Gasteiger partial charge < -0.3 is 14.7 Å². The van der Waals surface area contributed by atoms with Gasteiger partial charge in [0.25, 0.3) is 23.6 Å². The van der Waals surface area contributed by atoms with E-state index in [-0.39, 0.29) is 26.3 Å². The number of benzene rings is 2. The lowest BCUT2D eigenvalue weighted by Gasteiger charge is -2.32. The highest BCUT2D eigenvalue weighted by Gasteiger charge is 2.39. The molecular formula is C33H43N3O7. The van der Waals surface area contributed by atoms with Crippen LogP contribution in [0.25, 0.3) is 10.8 Å². The molecule has 4 rings (SSSR count). The second-order valence-corrected chi connectivity index (χ2v) is 10.4. The predicted molar refractivity (Wildman–Crippen MR) is 164 cm³/mol. The Bertz CT molecular complexity index is 1290. The van der Waals surface area contributed by atoms with E-state index in [1.807, 2.05) is 0 Å². The van der Waals surface area contributed by atoms with Gasteiger partial charge in [-0.3, -0.25) is 29.0 Å². The van der Waals surface area contributed by atoms with Crippen LogP contribution in [0.2, 0.25) is 0 Å². The van der Waals surface area contributed by atoms with Crippen molar-refractivity contribution >= 4 is 40.4 Å². The first-order valence-corrected chi connectivity index (χ1v) is 15.2. The molecule has 2 heterocycles. The summed E-state index contributed by atoms with van der Waals surface area (Å²) in [5.41, 5.74) is 1.19. The number of nitrogens with zero attached hydrogens (tertiary/aromatic N) is 3. The Hall–Kier alpha value is -3.89. The van der Waals surface area contributed by atoms with Gasteiger partial charge >= 0.3 is 5.97 Å². The molecule has 232 valence electrons. The van der Waals surface area contributed by atoms with Gasteiger partial charge in [0.1, 0.15) is 0 Å². The van der Waals surface area contributed by atoms with E-state index in [0.29, 0.717) is 71.6 Å². The minimum atomic E-state index is -0.491. The van der Waals surface area contributed by atoms with Crippen LogP contribution >= 0.6 is 0 Å². The van der Waals surface area contributed by atoms with Crippen LogP contribution in [0.5, 0.6) is 0 Å². The molecule has 43 heavy (non-hydrogen) atoms. The zero-order chi connectivity index (χ0) is 31.5. The first-order valence-electron chi connectivity index (χ1n) is 15.2. The van der Waals surface area contributed by atoms with E-state index in [1.165, 1.54) is 29.4 Å². The third-order valence-electron chi connectivity index (χ3n) is 7.88. The van der Waals surface area contributed by atoms with E-state index in [1.54, 1.807) is 24.3 Å². The smallest absolute Gasteiger partial charge is 0.330 e. The Morgan fingerprint density at radius 3 is 1.44 bits per heavy atom. The van der Waals surface area contributed by atoms with Gasteiger partial charge in [-0.15, -0.1) is 0 Å². The van der Waals surface area contributed by atoms with Crippen LogP contribution in [0.4, 0.5) is 0 Å². The summed E-state index contributed by atoms with van der Waals surface area (Å²) in [6.45, 7) is 14.2. The molecule has 0 radical (unpaired) electrons. The van der Waals surface area contributed by atoms with Crippen molar-refractivity contribution in [2.75, 3.05) is 45.9 Å². The first-order chi connectivity index (χ1) is 20.7. The molecule has 2 aliphatic rings. The number of esters is 1. The summed E-state index contributed by atoms with van der Waals surface area (Å²) < 4.78 is 4.93.